The first-order valence-electron chi connectivity index (χ1n) is 11.1. The molecule has 1 aromatic heterocycles. The van der Waals surface area contributed by atoms with Gasteiger partial charge in [-0.2, -0.15) is 0 Å². The van der Waals surface area contributed by atoms with Crippen molar-refractivity contribution >= 4 is 46.0 Å². The van der Waals surface area contributed by atoms with Crippen LogP contribution in [0.3, 0.4) is 0 Å². The molecule has 6 nitrogen and oxygen atoms in total. The fourth-order valence-corrected chi connectivity index (χ4v) is 5.23. The fourth-order valence-electron chi connectivity index (χ4n) is 3.85. The number of anilines is 1. The molecular weight excluding hydrogens is 452 g/mol. The number of benzene rings is 2. The second kappa shape index (κ2) is 11.7. The highest BCUT2D eigenvalue weighted by Gasteiger charge is 2.17. The van der Waals surface area contributed by atoms with Crippen LogP contribution in [-0.4, -0.2) is 51.0 Å². The number of nitrogens with zero attached hydrogens (tertiary/aromatic N) is 3. The van der Waals surface area contributed by atoms with Crippen molar-refractivity contribution in [1.82, 2.24) is 14.5 Å². The quantitative estimate of drug-likeness (QED) is 0.324. The first kappa shape index (κ1) is 25.3. The fraction of sp³-hybridized carbons (Fsp3) is 0.400. The summed E-state index contributed by atoms with van der Waals surface area (Å²) in [6, 6.07) is 15.8. The maximum Gasteiger partial charge on any atom is 0.262 e. The summed E-state index contributed by atoms with van der Waals surface area (Å²) in [5.74, 6) is 0.0485. The Labute approximate surface area is 204 Å². The highest BCUT2D eigenvalue weighted by Crippen LogP contribution is 2.25. The maximum absolute atomic E-state index is 13.3. The lowest BCUT2D eigenvalue weighted by Gasteiger charge is -2.30. The summed E-state index contributed by atoms with van der Waals surface area (Å²) in [6.45, 7) is 9.89. The minimum atomic E-state index is -0.124. The number of hydrogen-bond donors (Lipinski definition) is 1. The average Bonchev–Trinajstić information content (AvgIpc) is 2.79. The van der Waals surface area contributed by atoms with E-state index in [0.29, 0.717) is 34.7 Å². The summed E-state index contributed by atoms with van der Waals surface area (Å²) in [4.78, 5) is 34.1. The minimum absolute atomic E-state index is 0.0660. The van der Waals surface area contributed by atoms with Gasteiger partial charge in [-0.3, -0.25) is 19.1 Å². The highest BCUT2D eigenvalue weighted by atomic mass is 32.2. The lowest BCUT2D eigenvalue weighted by molar-refractivity contribution is -0.113. The Morgan fingerprint density at radius 2 is 1.73 bits per heavy atom. The maximum atomic E-state index is 13.3. The van der Waals surface area contributed by atoms with Crippen molar-refractivity contribution < 1.29 is 4.79 Å². The molecule has 0 fully saturated rings. The van der Waals surface area contributed by atoms with Crippen LogP contribution in [0.25, 0.3) is 10.9 Å². The highest BCUT2D eigenvalue weighted by molar-refractivity contribution is 7.99. The zero-order chi connectivity index (χ0) is 24.0. The molecule has 8 heteroatoms. The Balaban J connectivity index is 1.83. The Morgan fingerprint density at radius 1 is 1.06 bits per heavy atom. The molecule has 2 aromatic carbocycles. The number of carbonyl (C=O) groups is 1. The molecule has 0 radical (unpaired) electrons. The van der Waals surface area contributed by atoms with E-state index in [2.05, 4.69) is 37.9 Å². The third kappa shape index (κ3) is 6.40. The number of amides is 1. The van der Waals surface area contributed by atoms with Crippen LogP contribution >= 0.6 is 23.5 Å². The van der Waals surface area contributed by atoms with Crippen molar-refractivity contribution in [1.29, 1.82) is 0 Å². The first-order valence-corrected chi connectivity index (χ1v) is 13.3. The number of rotatable bonds is 10. The Hall–Kier alpha value is -2.29. The molecule has 0 spiro atoms. The van der Waals surface area contributed by atoms with Gasteiger partial charge in [-0.1, -0.05) is 36.0 Å². The Kier molecular flexibility index (Phi) is 9.00. The molecular formula is C25H32N4O2S2. The molecule has 0 saturated carbocycles. The lowest BCUT2D eigenvalue weighted by Crippen LogP contribution is -2.40. The molecule has 0 unspecified atom stereocenters. The molecule has 33 heavy (non-hydrogen) atoms. The van der Waals surface area contributed by atoms with E-state index in [-0.39, 0.29) is 17.2 Å². The van der Waals surface area contributed by atoms with Crippen LogP contribution in [0.1, 0.15) is 27.7 Å². The van der Waals surface area contributed by atoms with Gasteiger partial charge >= 0.3 is 0 Å². The van der Waals surface area contributed by atoms with Gasteiger partial charge in [0.2, 0.25) is 5.91 Å². The van der Waals surface area contributed by atoms with E-state index >= 15 is 0 Å². The van der Waals surface area contributed by atoms with Gasteiger partial charge in [0.05, 0.1) is 22.3 Å². The summed E-state index contributed by atoms with van der Waals surface area (Å²) < 4.78 is 1.72. The number of hydrogen-bond acceptors (Lipinski definition) is 6. The van der Waals surface area contributed by atoms with Crippen molar-refractivity contribution in [3.8, 4) is 0 Å². The molecule has 0 saturated heterocycles. The molecule has 0 aliphatic carbocycles. The molecule has 0 atom stereocenters. The number of nitrogens with one attached hydrogen (secondary N) is 1. The zero-order valence-corrected chi connectivity index (χ0v) is 21.5. The van der Waals surface area contributed by atoms with E-state index in [4.69, 9.17) is 4.98 Å². The van der Waals surface area contributed by atoms with Gasteiger partial charge in [-0.05, 0) is 58.2 Å². The molecule has 176 valence electrons. The molecule has 0 bridgehead atoms. The van der Waals surface area contributed by atoms with Crippen molar-refractivity contribution in [3.05, 3.63) is 58.9 Å². The zero-order valence-electron chi connectivity index (χ0n) is 19.9. The van der Waals surface area contributed by atoms with Crippen LogP contribution in [0.15, 0.2) is 63.4 Å². The third-order valence-corrected chi connectivity index (χ3v) is 7.22. The van der Waals surface area contributed by atoms with Gasteiger partial charge in [0.15, 0.2) is 5.16 Å². The van der Waals surface area contributed by atoms with E-state index in [1.54, 1.807) is 16.3 Å². The average molecular weight is 485 g/mol. The van der Waals surface area contributed by atoms with E-state index in [1.165, 1.54) is 11.8 Å². The van der Waals surface area contributed by atoms with Crippen LogP contribution in [-0.2, 0) is 11.3 Å². The summed E-state index contributed by atoms with van der Waals surface area (Å²) in [5.41, 5.74) is 1.38. The SMILES string of the molecule is CSc1ccccc1NC(=O)CSc1nc2ccccc2c(=O)n1CCN(C(C)C)C(C)C. The summed E-state index contributed by atoms with van der Waals surface area (Å²) in [7, 11) is 0. The number of thioether (sulfide) groups is 2. The minimum Gasteiger partial charge on any atom is -0.324 e. The second-order valence-electron chi connectivity index (χ2n) is 8.33. The summed E-state index contributed by atoms with van der Waals surface area (Å²) in [5, 5.41) is 4.15. The number of aromatic nitrogens is 2. The number of carbonyl (C=O) groups excluding carboxylic acids is 1. The van der Waals surface area contributed by atoms with Gasteiger partial charge in [-0.15, -0.1) is 11.8 Å². The second-order valence-corrected chi connectivity index (χ2v) is 10.1. The van der Waals surface area contributed by atoms with Crippen molar-refractivity contribution in [2.45, 2.75) is 56.4 Å². The van der Waals surface area contributed by atoms with Crippen molar-refractivity contribution in [2.24, 2.45) is 0 Å². The molecule has 0 aliphatic rings. The lowest BCUT2D eigenvalue weighted by atomic mass is 10.2. The van der Waals surface area contributed by atoms with E-state index in [9.17, 15) is 9.59 Å². The van der Waals surface area contributed by atoms with Crippen molar-refractivity contribution in [3.63, 3.8) is 0 Å². The predicted octanol–water partition coefficient (Wildman–Crippen LogP) is 4.97. The molecule has 0 aliphatic heterocycles. The first-order chi connectivity index (χ1) is 15.8. The van der Waals surface area contributed by atoms with Crippen molar-refractivity contribution in [2.75, 3.05) is 23.9 Å². The largest absolute Gasteiger partial charge is 0.324 e. The number of para-hydroxylation sites is 2. The number of fused-ring (bicyclic) bond motifs is 1. The van der Waals surface area contributed by atoms with Crippen LogP contribution < -0.4 is 10.9 Å². The third-order valence-electron chi connectivity index (χ3n) is 5.45. The standard InChI is InChI=1S/C25H32N4O2S2/c1-17(2)28(18(3)4)14-15-29-24(31)19-10-6-7-11-20(19)27-25(29)33-16-23(30)26-21-12-8-9-13-22(21)32-5/h6-13,17-18H,14-16H2,1-5H3,(H,26,30). The van der Waals surface area contributed by atoms with Gasteiger partial charge in [0.25, 0.3) is 5.56 Å². The molecule has 1 heterocycles. The van der Waals surface area contributed by atoms with Gasteiger partial charge in [0.1, 0.15) is 0 Å². The van der Waals surface area contributed by atoms with Crippen LogP contribution in [0.2, 0.25) is 0 Å². The molecule has 3 rings (SSSR count). The normalized spacial score (nSPS) is 11.6. The Bertz CT molecular complexity index is 1150. The molecule has 1 amide bonds. The van der Waals surface area contributed by atoms with Crippen LogP contribution in [0.5, 0.6) is 0 Å². The molecule has 1 N–H and O–H groups in total. The monoisotopic (exact) mass is 484 g/mol. The van der Waals surface area contributed by atoms with Gasteiger partial charge < -0.3 is 5.32 Å². The van der Waals surface area contributed by atoms with Crippen LogP contribution in [0.4, 0.5) is 5.69 Å². The summed E-state index contributed by atoms with van der Waals surface area (Å²) in [6.07, 6.45) is 1.98. The van der Waals surface area contributed by atoms with Crippen LogP contribution in [0, 0.1) is 0 Å². The van der Waals surface area contributed by atoms with Gasteiger partial charge in [0, 0.05) is 30.1 Å². The topological polar surface area (TPSA) is 67.2 Å². The van der Waals surface area contributed by atoms with E-state index in [1.807, 2.05) is 54.8 Å². The van der Waals surface area contributed by atoms with E-state index in [0.717, 1.165) is 17.1 Å². The molecule has 3 aromatic rings. The smallest absolute Gasteiger partial charge is 0.262 e. The predicted molar refractivity (Wildman–Crippen MR) is 141 cm³/mol. The Morgan fingerprint density at radius 3 is 2.42 bits per heavy atom. The van der Waals surface area contributed by atoms with Gasteiger partial charge in [-0.25, -0.2) is 4.98 Å². The summed E-state index contributed by atoms with van der Waals surface area (Å²) >= 11 is 2.89. The van der Waals surface area contributed by atoms with E-state index < -0.39 is 0 Å².